The number of nitrogens with zero attached hydrogens (tertiary/aromatic N) is 2. The molecule has 5 atom stereocenters. The van der Waals surface area contributed by atoms with Crippen LogP contribution in [0.15, 0.2) is 54.6 Å². The molecule has 2 bridgehead atoms. The number of hydrogen-bond donors (Lipinski definition) is 1. The molecule has 3 fully saturated rings. The maximum Gasteiger partial charge on any atom is 0.214 e. The number of ether oxygens (including phenoxy) is 2. The minimum Gasteiger partial charge on any atom is -0.497 e. The fraction of sp³-hybridized carbons (Fsp3) is 0.444. The number of aromatic nitrogens is 1. The van der Waals surface area contributed by atoms with Gasteiger partial charge in [0.1, 0.15) is 12.4 Å². The third kappa shape index (κ3) is 4.07. The lowest BCUT2D eigenvalue weighted by atomic mass is 9.72. The van der Waals surface area contributed by atoms with E-state index in [1.165, 1.54) is 12.8 Å². The van der Waals surface area contributed by atoms with Crippen molar-refractivity contribution in [1.29, 1.82) is 0 Å². The summed E-state index contributed by atoms with van der Waals surface area (Å²) in [6, 6.07) is 18.0. The van der Waals surface area contributed by atoms with Crippen LogP contribution in [0.25, 0.3) is 10.9 Å². The first kappa shape index (κ1) is 21.2. The van der Waals surface area contributed by atoms with Gasteiger partial charge in [-0.05, 0) is 60.5 Å². The lowest BCUT2D eigenvalue weighted by Crippen LogP contribution is -2.55. The number of piperidine rings is 3. The van der Waals surface area contributed by atoms with Gasteiger partial charge in [0.05, 0.1) is 18.7 Å². The summed E-state index contributed by atoms with van der Waals surface area (Å²) in [5, 5.41) is 12.6. The molecule has 2 aromatic carbocycles. The zero-order valence-corrected chi connectivity index (χ0v) is 18.9. The average Bonchev–Trinajstić information content (AvgIpc) is 2.87. The van der Waals surface area contributed by atoms with E-state index in [9.17, 15) is 5.11 Å². The Morgan fingerprint density at radius 3 is 2.72 bits per heavy atom. The van der Waals surface area contributed by atoms with Crippen LogP contribution in [0.4, 0.5) is 0 Å². The maximum absolute atomic E-state index is 11.6. The molecule has 1 aromatic heterocycles. The molecule has 4 heterocycles. The lowest BCUT2D eigenvalue weighted by molar-refractivity contribution is -0.0562. The molecule has 5 nitrogen and oxygen atoms in total. The van der Waals surface area contributed by atoms with Gasteiger partial charge in [-0.1, -0.05) is 43.7 Å². The SMILES string of the molecule is CC[C@H]1CN2CC[C@H]1C[C@H]2[C@H](O)c1cc(OCc2ccccc2)nc2ccc(OC)cc12. The standard InChI is InChI=1S/C27H32N2O3/c1-3-19-16-29-12-11-20(19)13-25(29)27(30)23-15-26(32-17-18-7-5-4-6-8-18)28-24-10-9-21(31-2)14-22(23)24/h4-10,14-15,19-20,25,27,30H,3,11-13,16-17H2,1-2H3/t19-,20-,25-,27+/m0/s1. The highest BCUT2D eigenvalue weighted by atomic mass is 16.5. The summed E-state index contributed by atoms with van der Waals surface area (Å²) in [6.07, 6.45) is 2.93. The highest BCUT2D eigenvalue weighted by Gasteiger charge is 2.42. The van der Waals surface area contributed by atoms with Crippen LogP contribution in [0.3, 0.4) is 0 Å². The molecule has 168 valence electrons. The topological polar surface area (TPSA) is 54.8 Å². The second kappa shape index (κ2) is 9.08. The number of benzene rings is 2. The Morgan fingerprint density at radius 2 is 2.00 bits per heavy atom. The molecule has 6 rings (SSSR count). The van der Waals surface area contributed by atoms with E-state index in [1.54, 1.807) is 7.11 Å². The predicted octanol–water partition coefficient (Wildman–Crippen LogP) is 4.98. The van der Waals surface area contributed by atoms with Crippen LogP contribution in [0, 0.1) is 11.8 Å². The van der Waals surface area contributed by atoms with Crippen molar-refractivity contribution in [3.63, 3.8) is 0 Å². The van der Waals surface area contributed by atoms with E-state index in [4.69, 9.17) is 14.5 Å². The average molecular weight is 433 g/mol. The van der Waals surface area contributed by atoms with Crippen molar-refractivity contribution in [2.75, 3.05) is 20.2 Å². The number of pyridine rings is 1. The summed E-state index contributed by atoms with van der Waals surface area (Å²) in [5.74, 6) is 2.78. The first-order chi connectivity index (χ1) is 15.7. The molecule has 0 amide bonds. The molecule has 3 aliphatic rings. The Morgan fingerprint density at radius 1 is 1.16 bits per heavy atom. The zero-order valence-electron chi connectivity index (χ0n) is 18.9. The molecule has 5 heteroatoms. The van der Waals surface area contributed by atoms with Gasteiger partial charge in [-0.2, -0.15) is 0 Å². The number of fused-ring (bicyclic) bond motifs is 4. The molecule has 0 spiro atoms. The lowest BCUT2D eigenvalue weighted by Gasteiger charge is -2.51. The van der Waals surface area contributed by atoms with Crippen LogP contribution in [-0.4, -0.2) is 41.2 Å². The summed E-state index contributed by atoms with van der Waals surface area (Å²) in [4.78, 5) is 7.22. The van der Waals surface area contributed by atoms with E-state index >= 15 is 0 Å². The van der Waals surface area contributed by atoms with Crippen molar-refractivity contribution in [2.24, 2.45) is 11.8 Å². The molecule has 0 radical (unpaired) electrons. The van der Waals surface area contributed by atoms with Gasteiger partial charge >= 0.3 is 0 Å². The predicted molar refractivity (Wildman–Crippen MR) is 126 cm³/mol. The van der Waals surface area contributed by atoms with E-state index < -0.39 is 6.10 Å². The van der Waals surface area contributed by atoms with Crippen molar-refractivity contribution < 1.29 is 14.6 Å². The molecule has 1 unspecified atom stereocenters. The van der Waals surface area contributed by atoms with Gasteiger partial charge in [-0.25, -0.2) is 4.98 Å². The summed E-state index contributed by atoms with van der Waals surface area (Å²) in [6.45, 7) is 4.90. The zero-order chi connectivity index (χ0) is 22.1. The van der Waals surface area contributed by atoms with Crippen molar-refractivity contribution >= 4 is 10.9 Å². The van der Waals surface area contributed by atoms with Crippen LogP contribution in [0.1, 0.15) is 43.4 Å². The molecular weight excluding hydrogens is 400 g/mol. The van der Waals surface area contributed by atoms with Crippen molar-refractivity contribution in [1.82, 2.24) is 9.88 Å². The van der Waals surface area contributed by atoms with Crippen LogP contribution >= 0.6 is 0 Å². The van der Waals surface area contributed by atoms with Crippen LogP contribution in [-0.2, 0) is 6.61 Å². The Kier molecular flexibility index (Phi) is 6.03. The Balaban J connectivity index is 1.48. The van der Waals surface area contributed by atoms with Gasteiger partial charge in [-0.3, -0.25) is 4.90 Å². The van der Waals surface area contributed by atoms with E-state index in [-0.39, 0.29) is 6.04 Å². The van der Waals surface area contributed by atoms with Crippen LogP contribution in [0.2, 0.25) is 0 Å². The number of hydrogen-bond acceptors (Lipinski definition) is 5. The highest BCUT2D eigenvalue weighted by molar-refractivity contribution is 5.84. The number of methoxy groups -OCH3 is 1. The minimum absolute atomic E-state index is 0.135. The second-order valence-electron chi connectivity index (χ2n) is 9.17. The smallest absolute Gasteiger partial charge is 0.214 e. The van der Waals surface area contributed by atoms with Gasteiger partial charge < -0.3 is 14.6 Å². The molecule has 0 aliphatic carbocycles. The minimum atomic E-state index is -0.590. The molecule has 3 aromatic rings. The quantitative estimate of drug-likeness (QED) is 0.571. The van der Waals surface area contributed by atoms with Gasteiger partial charge in [0.15, 0.2) is 0 Å². The third-order valence-corrected chi connectivity index (χ3v) is 7.40. The van der Waals surface area contributed by atoms with Gasteiger partial charge in [0, 0.05) is 24.0 Å². The summed E-state index contributed by atoms with van der Waals surface area (Å²) in [7, 11) is 1.67. The molecule has 3 aliphatic heterocycles. The van der Waals surface area contributed by atoms with E-state index in [1.807, 2.05) is 54.6 Å². The molecule has 1 N–H and O–H groups in total. The third-order valence-electron chi connectivity index (χ3n) is 7.40. The Labute approximate surface area is 190 Å². The normalized spacial score (nSPS) is 25.6. The van der Waals surface area contributed by atoms with Gasteiger partial charge in [0.25, 0.3) is 0 Å². The molecular formula is C27H32N2O3. The number of aliphatic hydroxyl groups is 1. The fourth-order valence-electron chi connectivity index (χ4n) is 5.56. The molecule has 32 heavy (non-hydrogen) atoms. The maximum atomic E-state index is 11.6. The van der Waals surface area contributed by atoms with Crippen molar-refractivity contribution in [3.05, 3.63) is 65.7 Å². The first-order valence-corrected chi connectivity index (χ1v) is 11.7. The van der Waals surface area contributed by atoms with Crippen LogP contribution in [0.5, 0.6) is 11.6 Å². The Bertz CT molecular complexity index is 1070. The van der Waals surface area contributed by atoms with Gasteiger partial charge in [0.2, 0.25) is 5.88 Å². The van der Waals surface area contributed by atoms with Gasteiger partial charge in [-0.15, -0.1) is 0 Å². The Hall–Kier alpha value is -2.63. The van der Waals surface area contributed by atoms with E-state index in [0.717, 1.165) is 53.2 Å². The monoisotopic (exact) mass is 432 g/mol. The number of aliphatic hydroxyl groups excluding tert-OH is 1. The van der Waals surface area contributed by atoms with Crippen LogP contribution < -0.4 is 9.47 Å². The first-order valence-electron chi connectivity index (χ1n) is 11.7. The molecule has 3 saturated heterocycles. The fourth-order valence-corrected chi connectivity index (χ4v) is 5.56. The largest absolute Gasteiger partial charge is 0.497 e. The highest BCUT2D eigenvalue weighted by Crippen LogP contribution is 2.43. The summed E-state index contributed by atoms with van der Waals surface area (Å²) < 4.78 is 11.5. The molecule has 0 saturated carbocycles. The van der Waals surface area contributed by atoms with E-state index in [0.29, 0.717) is 18.4 Å². The summed E-state index contributed by atoms with van der Waals surface area (Å²) in [5.41, 5.74) is 2.78. The number of rotatable bonds is 7. The second-order valence-corrected chi connectivity index (χ2v) is 9.17. The van der Waals surface area contributed by atoms with Crippen molar-refractivity contribution in [3.8, 4) is 11.6 Å². The summed E-state index contributed by atoms with van der Waals surface area (Å²) >= 11 is 0. The van der Waals surface area contributed by atoms with E-state index in [2.05, 4.69) is 11.8 Å². The van der Waals surface area contributed by atoms with Crippen molar-refractivity contribution in [2.45, 2.75) is 44.9 Å².